The van der Waals surface area contributed by atoms with Gasteiger partial charge in [0.05, 0.1) is 12.0 Å². The summed E-state index contributed by atoms with van der Waals surface area (Å²) in [4.78, 5) is 25.1. The standard InChI is InChI=1S/C18H20N6O2/c1-13-10-14(2)24(21-13)17-11-16(19-12-20-17)22-5-7-23(8-6-22)18(25)15-4-3-9-26-15/h3-4,9-12H,5-8H2,1-2H3. The number of anilines is 1. The minimum absolute atomic E-state index is 0.0688. The van der Waals surface area contributed by atoms with Crippen LogP contribution >= 0.6 is 0 Å². The molecule has 0 N–H and O–H groups in total. The zero-order valence-corrected chi connectivity index (χ0v) is 14.8. The van der Waals surface area contributed by atoms with Gasteiger partial charge in [-0.15, -0.1) is 0 Å². The van der Waals surface area contributed by atoms with Gasteiger partial charge in [-0.25, -0.2) is 14.6 Å². The Morgan fingerprint density at radius 3 is 2.50 bits per heavy atom. The van der Waals surface area contributed by atoms with Gasteiger partial charge in [-0.05, 0) is 32.0 Å². The maximum Gasteiger partial charge on any atom is 0.289 e. The summed E-state index contributed by atoms with van der Waals surface area (Å²) >= 11 is 0. The molecule has 1 amide bonds. The summed E-state index contributed by atoms with van der Waals surface area (Å²) in [5.74, 6) is 1.90. The molecule has 1 aliphatic heterocycles. The number of nitrogens with zero attached hydrogens (tertiary/aromatic N) is 6. The molecule has 0 aliphatic carbocycles. The molecule has 0 bridgehead atoms. The fraction of sp³-hybridized carbons (Fsp3) is 0.333. The van der Waals surface area contributed by atoms with Gasteiger partial charge < -0.3 is 14.2 Å². The van der Waals surface area contributed by atoms with Crippen LogP contribution < -0.4 is 4.90 Å². The van der Waals surface area contributed by atoms with E-state index in [1.165, 1.54) is 6.26 Å². The molecule has 3 aromatic heterocycles. The Morgan fingerprint density at radius 2 is 1.85 bits per heavy atom. The van der Waals surface area contributed by atoms with Crippen LogP contribution in [0.1, 0.15) is 21.9 Å². The number of carbonyl (C=O) groups excluding carboxylic acids is 1. The maximum absolute atomic E-state index is 12.4. The van der Waals surface area contributed by atoms with Gasteiger partial charge in [0.15, 0.2) is 11.6 Å². The minimum atomic E-state index is -0.0688. The second-order valence-corrected chi connectivity index (χ2v) is 6.33. The summed E-state index contributed by atoms with van der Waals surface area (Å²) in [6.07, 6.45) is 3.08. The lowest BCUT2D eigenvalue weighted by Gasteiger charge is -2.35. The lowest BCUT2D eigenvalue weighted by Crippen LogP contribution is -2.49. The number of furan rings is 1. The van der Waals surface area contributed by atoms with Crippen molar-refractivity contribution in [2.24, 2.45) is 0 Å². The second-order valence-electron chi connectivity index (χ2n) is 6.33. The average molecular weight is 352 g/mol. The third-order valence-corrected chi connectivity index (χ3v) is 4.49. The van der Waals surface area contributed by atoms with Crippen LogP contribution in [0, 0.1) is 13.8 Å². The Hall–Kier alpha value is -3.16. The highest BCUT2D eigenvalue weighted by Crippen LogP contribution is 2.18. The van der Waals surface area contributed by atoms with Gasteiger partial charge in [0.1, 0.15) is 12.1 Å². The molecule has 4 rings (SSSR count). The quantitative estimate of drug-likeness (QED) is 0.715. The number of amides is 1. The second kappa shape index (κ2) is 6.62. The molecule has 26 heavy (non-hydrogen) atoms. The van der Waals surface area contributed by atoms with Gasteiger partial charge in [0, 0.05) is 37.9 Å². The summed E-state index contributed by atoms with van der Waals surface area (Å²) in [6.45, 7) is 6.62. The van der Waals surface area contributed by atoms with Crippen molar-refractivity contribution in [3.8, 4) is 5.82 Å². The van der Waals surface area contributed by atoms with E-state index >= 15 is 0 Å². The summed E-state index contributed by atoms with van der Waals surface area (Å²) in [5.41, 5.74) is 1.98. The van der Waals surface area contributed by atoms with Gasteiger partial charge >= 0.3 is 0 Å². The van der Waals surface area contributed by atoms with E-state index in [0.717, 1.165) is 23.0 Å². The van der Waals surface area contributed by atoms with E-state index in [0.29, 0.717) is 31.9 Å². The fourth-order valence-electron chi connectivity index (χ4n) is 3.18. The van der Waals surface area contributed by atoms with Crippen molar-refractivity contribution in [2.75, 3.05) is 31.1 Å². The molecule has 8 nitrogen and oxygen atoms in total. The third-order valence-electron chi connectivity index (χ3n) is 4.49. The molecule has 1 aliphatic rings. The minimum Gasteiger partial charge on any atom is -0.459 e. The van der Waals surface area contributed by atoms with E-state index in [-0.39, 0.29) is 5.91 Å². The van der Waals surface area contributed by atoms with Crippen LogP contribution in [0.3, 0.4) is 0 Å². The Kier molecular flexibility index (Phi) is 4.16. The van der Waals surface area contributed by atoms with Gasteiger partial charge in [-0.3, -0.25) is 4.79 Å². The fourth-order valence-corrected chi connectivity index (χ4v) is 3.18. The van der Waals surface area contributed by atoms with Crippen LogP contribution in [0.4, 0.5) is 5.82 Å². The van der Waals surface area contributed by atoms with Gasteiger partial charge in [-0.2, -0.15) is 5.10 Å². The van der Waals surface area contributed by atoms with Gasteiger partial charge in [0.25, 0.3) is 5.91 Å². The summed E-state index contributed by atoms with van der Waals surface area (Å²) in [6, 6.07) is 7.37. The molecule has 0 atom stereocenters. The van der Waals surface area contributed by atoms with Crippen molar-refractivity contribution in [3.63, 3.8) is 0 Å². The highest BCUT2D eigenvalue weighted by molar-refractivity contribution is 5.91. The number of hydrogen-bond donors (Lipinski definition) is 0. The maximum atomic E-state index is 12.4. The van der Waals surface area contributed by atoms with Crippen LogP contribution in [-0.4, -0.2) is 56.7 Å². The Morgan fingerprint density at radius 1 is 1.08 bits per heavy atom. The average Bonchev–Trinajstić information content (AvgIpc) is 3.31. The van der Waals surface area contributed by atoms with Crippen molar-refractivity contribution in [1.82, 2.24) is 24.6 Å². The summed E-state index contributed by atoms with van der Waals surface area (Å²) in [7, 11) is 0. The molecule has 0 unspecified atom stereocenters. The molecule has 0 radical (unpaired) electrons. The van der Waals surface area contributed by atoms with Crippen LogP contribution in [0.15, 0.2) is 41.3 Å². The van der Waals surface area contributed by atoms with Crippen LogP contribution in [0.25, 0.3) is 5.82 Å². The van der Waals surface area contributed by atoms with Crippen LogP contribution in [-0.2, 0) is 0 Å². The summed E-state index contributed by atoms with van der Waals surface area (Å²) < 4.78 is 7.02. The van der Waals surface area contributed by atoms with E-state index in [2.05, 4.69) is 20.0 Å². The predicted molar refractivity (Wildman–Crippen MR) is 95.5 cm³/mol. The normalized spacial score (nSPS) is 14.7. The monoisotopic (exact) mass is 352 g/mol. The van der Waals surface area contributed by atoms with E-state index < -0.39 is 0 Å². The Bertz CT molecular complexity index is 910. The van der Waals surface area contributed by atoms with Crippen molar-refractivity contribution >= 4 is 11.7 Å². The molecule has 0 saturated carbocycles. The number of carbonyl (C=O) groups is 1. The van der Waals surface area contributed by atoms with Crippen LogP contribution in [0.5, 0.6) is 0 Å². The molecule has 4 heterocycles. The molecular weight excluding hydrogens is 332 g/mol. The zero-order chi connectivity index (χ0) is 18.1. The highest BCUT2D eigenvalue weighted by Gasteiger charge is 2.24. The predicted octanol–water partition coefficient (Wildman–Crippen LogP) is 1.83. The first-order chi connectivity index (χ1) is 12.6. The first kappa shape index (κ1) is 16.3. The van der Waals surface area contributed by atoms with E-state index in [9.17, 15) is 4.79 Å². The number of hydrogen-bond acceptors (Lipinski definition) is 6. The van der Waals surface area contributed by atoms with Crippen molar-refractivity contribution in [3.05, 3.63) is 54.0 Å². The molecule has 3 aromatic rings. The third kappa shape index (κ3) is 3.05. The Labute approximate surface area is 151 Å². The molecule has 134 valence electrons. The zero-order valence-electron chi connectivity index (χ0n) is 14.8. The summed E-state index contributed by atoms with van der Waals surface area (Å²) in [5, 5.41) is 4.48. The molecular formula is C18H20N6O2. The number of aryl methyl sites for hydroxylation is 2. The van der Waals surface area contributed by atoms with Gasteiger partial charge in [-0.1, -0.05) is 0 Å². The van der Waals surface area contributed by atoms with Crippen LogP contribution in [0.2, 0.25) is 0 Å². The largest absolute Gasteiger partial charge is 0.459 e. The van der Waals surface area contributed by atoms with E-state index in [4.69, 9.17) is 4.42 Å². The lowest BCUT2D eigenvalue weighted by molar-refractivity contribution is 0.0714. The molecule has 0 aromatic carbocycles. The molecule has 1 fully saturated rings. The Balaban J connectivity index is 1.47. The van der Waals surface area contributed by atoms with Gasteiger partial charge in [0.2, 0.25) is 0 Å². The smallest absolute Gasteiger partial charge is 0.289 e. The lowest BCUT2D eigenvalue weighted by atomic mass is 10.3. The number of aromatic nitrogens is 4. The van der Waals surface area contributed by atoms with Crippen molar-refractivity contribution in [2.45, 2.75) is 13.8 Å². The first-order valence-corrected chi connectivity index (χ1v) is 8.55. The molecule has 8 heteroatoms. The molecule has 1 saturated heterocycles. The van der Waals surface area contributed by atoms with Crippen molar-refractivity contribution < 1.29 is 9.21 Å². The van der Waals surface area contributed by atoms with E-state index in [1.54, 1.807) is 23.4 Å². The molecule has 0 spiro atoms. The highest BCUT2D eigenvalue weighted by atomic mass is 16.3. The topological polar surface area (TPSA) is 80.3 Å². The first-order valence-electron chi connectivity index (χ1n) is 8.55. The van der Waals surface area contributed by atoms with Crippen molar-refractivity contribution in [1.29, 1.82) is 0 Å². The SMILES string of the molecule is Cc1cc(C)n(-c2cc(N3CCN(C(=O)c4ccco4)CC3)ncn2)n1. The van der Waals surface area contributed by atoms with E-state index in [1.807, 2.05) is 30.7 Å². The number of rotatable bonds is 3. The number of piperazine rings is 1.